The predicted molar refractivity (Wildman–Crippen MR) is 454 cm³/mol. The number of benzene rings is 8. The molecular weight excluding hydrogens is 1520 g/mol. The smallest absolute Gasteiger partial charge is 0.138 e. The highest BCUT2D eigenvalue weighted by atomic mass is 32.2. The van der Waals surface area contributed by atoms with Crippen LogP contribution >= 0.6 is 46.2 Å². The van der Waals surface area contributed by atoms with Crippen LogP contribution in [-0.4, -0.2) is 96.6 Å². The zero-order valence-corrected chi connectivity index (χ0v) is 68.8. The average molecular weight is 1620 g/mol. The van der Waals surface area contributed by atoms with E-state index in [1.807, 2.05) is 84.9 Å². The molecule has 0 radical (unpaired) electrons. The molecule has 15 atom stereocenters. The van der Waals surface area contributed by atoms with Gasteiger partial charge in [0, 0.05) is 71.6 Å². The first-order chi connectivity index (χ1) is 56.2. The fourth-order valence-electron chi connectivity index (χ4n) is 17.0. The zero-order valence-electron chi connectivity index (χ0n) is 65.6. The third-order valence-electron chi connectivity index (χ3n) is 22.8. The van der Waals surface area contributed by atoms with Crippen molar-refractivity contribution in [2.24, 2.45) is 0 Å². The lowest BCUT2D eigenvalue weighted by atomic mass is 9.82. The molecule has 2 aromatic heterocycles. The summed E-state index contributed by atoms with van der Waals surface area (Å²) in [5.41, 5.74) is 20.7. The van der Waals surface area contributed by atoms with Crippen LogP contribution in [0, 0.1) is 27.1 Å². The first-order valence-corrected chi connectivity index (χ1v) is 43.4. The van der Waals surface area contributed by atoms with Crippen LogP contribution in [-0.2, 0) is 52.8 Å². The number of thioether (sulfide) groups is 2. The fourth-order valence-corrected chi connectivity index (χ4v) is 19.2. The number of hydrogen-bond acceptors (Lipinski definition) is 21. The number of thiophene rings is 2. The van der Waals surface area contributed by atoms with Gasteiger partial charge in [0.15, 0.2) is 0 Å². The van der Waals surface area contributed by atoms with E-state index in [9.17, 15) is 4.39 Å². The largest absolute Gasteiger partial charge is 0.375 e. The molecule has 10 aromatic rings. The summed E-state index contributed by atoms with van der Waals surface area (Å²) in [6.07, 6.45) is -0.653. The highest BCUT2D eigenvalue weighted by Gasteiger charge is 2.47. The Kier molecular flexibility index (Phi) is 25.4. The van der Waals surface area contributed by atoms with Crippen molar-refractivity contribution in [3.63, 3.8) is 0 Å². The van der Waals surface area contributed by atoms with Crippen molar-refractivity contribution in [1.29, 1.82) is 10.5 Å². The van der Waals surface area contributed by atoms with Crippen molar-refractivity contribution in [2.45, 2.75) is 167 Å². The number of anilines is 5. The molecule has 10 aliphatic heterocycles. The molecule has 10 aliphatic rings. The van der Waals surface area contributed by atoms with Crippen molar-refractivity contribution < 1.29 is 51.8 Å². The van der Waals surface area contributed by atoms with E-state index in [0.717, 1.165) is 43.5 Å². The molecule has 22 heteroatoms. The highest BCUT2D eigenvalue weighted by molar-refractivity contribution is 8.04. The van der Waals surface area contributed by atoms with Crippen molar-refractivity contribution >= 4 is 74.6 Å². The van der Waals surface area contributed by atoms with Crippen molar-refractivity contribution in [3.05, 3.63) is 288 Å². The normalized spacial score (nSPS) is 26.2. The molecule has 5 saturated heterocycles. The number of ether oxygens (including phenoxy) is 10. The first kappa shape index (κ1) is 80.2. The van der Waals surface area contributed by atoms with Crippen LogP contribution < -0.4 is 26.6 Å². The van der Waals surface area contributed by atoms with Gasteiger partial charge in [-0.2, -0.15) is 33.2 Å². The van der Waals surface area contributed by atoms with Gasteiger partial charge in [-0.05, 0) is 174 Å². The molecule has 0 aliphatic carbocycles. The summed E-state index contributed by atoms with van der Waals surface area (Å²) in [6, 6.07) is 63.9. The number of hydrogen-bond donors (Lipinski definition) is 5. The van der Waals surface area contributed by atoms with Gasteiger partial charge in [0.1, 0.15) is 77.7 Å². The summed E-state index contributed by atoms with van der Waals surface area (Å²) in [5.74, 6) is 0.813. The SMILES string of the molecule is CC(C)(C)c1ccc2c(c1)C1OCCOC1C(c1ccccc1F)N2.CC(C)c1ccc2c(c1)C1OCCOC1C(c1ccsc1)N2.CC(C)c1ccc2c(c1)[C@@H]1OCCO[C@@H]1[C@@H](c1ccsc1)N2.N#CSc1ccc2c(c1)C1OCCOC1C(c1ccccc1)N2.N#CSc1ccc2c(c1)[C@H]1OCCO[C@H]1[C@H](c1ccccc1)N2. The van der Waals surface area contributed by atoms with E-state index in [2.05, 4.69) is 198 Å². The molecule has 5 N–H and O–H groups in total. The minimum absolute atomic E-state index is 0.0219. The third-order valence-corrected chi connectivity index (χ3v) is 25.4. The molecule has 9 unspecified atom stereocenters. The molecule has 17 nitrogen and oxygen atoms in total. The lowest BCUT2D eigenvalue weighted by Gasteiger charge is -2.43. The standard InChI is InChI=1S/C21H24FNO2.2C18H16N2O2S.2C18H21NO2S/c1-21(2,3)13-8-9-17-15(12-13)19-20(25-11-10-24-19)18(23-17)14-6-4-5-7-16(14)22;2*19-11-23-13-6-7-15-14(10-13)17-18(22-9-8-21-17)16(20-15)12-4-2-1-3-5-12;2*1-11(2)12-3-4-15-14(9-12)17-18(21-7-6-20-17)16(19-15)13-5-8-22-10-13/h4-9,12,18-20,23H,10-11H2,1-3H3;2*1-7,10,16-18,20H,8-9H2;2*3-5,8-11,16-19H,6-7H2,1-2H3/t;16-,17+,18-;;16-,17+,18-;/m.0.1./s1. The molecule has 8 aromatic carbocycles. The Morgan fingerprint density at radius 3 is 1.03 bits per heavy atom. The second-order valence-electron chi connectivity index (χ2n) is 31.6. The summed E-state index contributed by atoms with van der Waals surface area (Å²) < 4.78 is 75.1. The molecule has 596 valence electrons. The van der Waals surface area contributed by atoms with Crippen LogP contribution in [0.25, 0.3) is 0 Å². The maximum Gasteiger partial charge on any atom is 0.138 e. The number of halogens is 1. The Bertz CT molecular complexity index is 4780. The Morgan fingerprint density at radius 2 is 0.678 bits per heavy atom. The monoisotopic (exact) mass is 1620 g/mol. The zero-order chi connectivity index (χ0) is 79.1. The van der Waals surface area contributed by atoms with Gasteiger partial charge in [0.05, 0.1) is 96.3 Å². The van der Waals surface area contributed by atoms with Crippen LogP contribution in [0.4, 0.5) is 32.8 Å². The first-order valence-electron chi connectivity index (χ1n) is 39.8. The summed E-state index contributed by atoms with van der Waals surface area (Å²) >= 11 is 5.78. The minimum Gasteiger partial charge on any atom is -0.375 e. The van der Waals surface area contributed by atoms with Crippen molar-refractivity contribution in [1.82, 2.24) is 0 Å². The van der Waals surface area contributed by atoms with Crippen molar-refractivity contribution in [3.8, 4) is 10.8 Å². The Labute approximate surface area is 690 Å². The van der Waals surface area contributed by atoms with Gasteiger partial charge in [-0.1, -0.05) is 164 Å². The summed E-state index contributed by atoms with van der Waals surface area (Å²) in [7, 11) is 0. The Hall–Kier alpha value is -8.63. The number of nitriles is 2. The van der Waals surface area contributed by atoms with E-state index in [1.54, 1.807) is 28.7 Å². The molecule has 115 heavy (non-hydrogen) atoms. The Balaban J connectivity index is 0.000000108. The van der Waals surface area contributed by atoms with E-state index in [0.29, 0.717) is 83.5 Å². The number of thiocyanates is 2. The number of nitrogens with zero attached hydrogens (tertiary/aromatic N) is 2. The lowest BCUT2D eigenvalue weighted by molar-refractivity contribution is -0.151. The maximum absolute atomic E-state index is 14.4. The van der Waals surface area contributed by atoms with Gasteiger partial charge >= 0.3 is 0 Å². The lowest BCUT2D eigenvalue weighted by Crippen LogP contribution is -2.43. The van der Waals surface area contributed by atoms with E-state index in [-0.39, 0.29) is 102 Å². The van der Waals surface area contributed by atoms with Gasteiger partial charge in [-0.15, -0.1) is 0 Å². The molecule has 12 heterocycles. The number of rotatable bonds is 9. The summed E-state index contributed by atoms with van der Waals surface area (Å²) in [5, 5.41) is 48.6. The fraction of sp³-hybridized carbons (Fsp3) is 0.376. The van der Waals surface area contributed by atoms with Crippen LogP contribution in [0.5, 0.6) is 0 Å². The van der Waals surface area contributed by atoms with Crippen molar-refractivity contribution in [2.75, 3.05) is 92.7 Å². The average Bonchev–Trinajstić information content (AvgIpc) is 0.884. The summed E-state index contributed by atoms with van der Waals surface area (Å²) in [4.78, 5) is 1.86. The van der Waals surface area contributed by atoms with E-state index >= 15 is 0 Å². The molecule has 0 spiro atoms. The van der Waals surface area contributed by atoms with Gasteiger partial charge in [-0.3, -0.25) is 0 Å². The Morgan fingerprint density at radius 1 is 0.357 bits per heavy atom. The van der Waals surface area contributed by atoms with E-state index in [4.69, 9.17) is 57.9 Å². The van der Waals surface area contributed by atoms with Crippen LogP contribution in [0.15, 0.2) is 219 Å². The second kappa shape index (κ2) is 36.5. The van der Waals surface area contributed by atoms with E-state index in [1.165, 1.54) is 91.0 Å². The van der Waals surface area contributed by atoms with E-state index < -0.39 is 0 Å². The number of fused-ring (bicyclic) bond motifs is 15. The van der Waals surface area contributed by atoms with Gasteiger partial charge in [0.2, 0.25) is 0 Å². The molecule has 5 fully saturated rings. The molecule has 20 rings (SSSR count). The van der Waals surface area contributed by atoms with Crippen LogP contribution in [0.2, 0.25) is 0 Å². The third kappa shape index (κ3) is 17.7. The molecule has 0 saturated carbocycles. The van der Waals surface area contributed by atoms with Crippen LogP contribution in [0.1, 0.15) is 193 Å². The second-order valence-corrected chi connectivity index (χ2v) is 34.9. The predicted octanol–water partition coefficient (Wildman–Crippen LogP) is 21.5. The molecule has 0 amide bonds. The van der Waals surface area contributed by atoms with Crippen LogP contribution in [0.3, 0.4) is 0 Å². The quantitative estimate of drug-likeness (QED) is 0.0674. The van der Waals surface area contributed by atoms with Gasteiger partial charge in [-0.25, -0.2) is 4.39 Å². The molecule has 0 bridgehead atoms. The molecular formula is C93H98FN7O10S4. The number of nitrogens with one attached hydrogen (secondary N) is 5. The summed E-state index contributed by atoms with van der Waals surface area (Å²) in [6.45, 7) is 21.7. The topological polar surface area (TPSA) is 200 Å². The highest BCUT2D eigenvalue weighted by Crippen LogP contribution is 2.52. The minimum atomic E-state index is -0.264. The van der Waals surface area contributed by atoms with Gasteiger partial charge < -0.3 is 74.0 Å². The maximum atomic E-state index is 14.4. The van der Waals surface area contributed by atoms with Gasteiger partial charge in [0.25, 0.3) is 0 Å².